The molecule has 0 aliphatic carbocycles. The second-order valence-electron chi connectivity index (χ2n) is 6.95. The Morgan fingerprint density at radius 1 is 0.944 bits per heavy atom. The number of nitrogens with zero attached hydrogens (tertiary/aromatic N) is 8. The summed E-state index contributed by atoms with van der Waals surface area (Å²) in [6.45, 7) is 6.80. The van der Waals surface area contributed by atoms with Crippen molar-refractivity contribution in [2.24, 2.45) is 32.1 Å². The van der Waals surface area contributed by atoms with Gasteiger partial charge in [-0.15, -0.1) is 5.10 Å². The lowest BCUT2D eigenvalue weighted by Crippen LogP contribution is -2.51. The van der Waals surface area contributed by atoms with Crippen LogP contribution in [0.4, 0.5) is 4.79 Å². The van der Waals surface area contributed by atoms with Crippen LogP contribution in [0, 0.1) is 22.7 Å². The normalized spacial score (nSPS) is 12.8. The number of aliphatic carboxylic acids is 2. The lowest BCUT2D eigenvalue weighted by molar-refractivity contribution is -0.139. The highest BCUT2D eigenvalue weighted by molar-refractivity contribution is 5.88. The molecule has 0 saturated heterocycles. The zero-order chi connectivity index (χ0) is 27.5. The summed E-state index contributed by atoms with van der Waals surface area (Å²) in [5.41, 5.74) is 0. The fourth-order valence-corrected chi connectivity index (χ4v) is 2.75. The molecule has 196 valence electrons. The Morgan fingerprint density at radius 3 is 1.86 bits per heavy atom. The minimum Gasteiger partial charge on any atom is -0.480 e. The van der Waals surface area contributed by atoms with E-state index in [9.17, 15) is 24.6 Å². The highest BCUT2D eigenvalue weighted by Crippen LogP contribution is 2.07. The van der Waals surface area contributed by atoms with Gasteiger partial charge >= 0.3 is 18.0 Å². The first-order valence-electron chi connectivity index (χ1n) is 10.5. The first-order chi connectivity index (χ1) is 17.1. The summed E-state index contributed by atoms with van der Waals surface area (Å²) in [7, 11) is 0. The van der Waals surface area contributed by atoms with E-state index in [1.165, 1.54) is 5.01 Å². The lowest BCUT2D eigenvalue weighted by atomic mass is 10.1. The van der Waals surface area contributed by atoms with Gasteiger partial charge in [-0.1, -0.05) is 0 Å². The Labute approximate surface area is 207 Å². The van der Waals surface area contributed by atoms with Crippen molar-refractivity contribution in [3.8, 4) is 12.1 Å². The number of hydrogen-bond acceptors (Lipinski definition) is 11. The molecular weight excluding hydrogens is 476 g/mol. The summed E-state index contributed by atoms with van der Waals surface area (Å²) in [5.74, 6) is 8.63. The number of carboxylic acids is 2. The van der Waals surface area contributed by atoms with Crippen LogP contribution in [0.2, 0.25) is 0 Å². The molecule has 0 bridgehead atoms. The lowest BCUT2D eigenvalue weighted by Gasteiger charge is -2.22. The number of nitrogens with two attached hydrogens (primary N) is 2. The van der Waals surface area contributed by atoms with Crippen LogP contribution in [0.25, 0.3) is 0 Å². The Hall–Kier alpha value is -4.77. The van der Waals surface area contributed by atoms with Crippen molar-refractivity contribution < 1.29 is 24.6 Å². The molecule has 0 aromatic carbocycles. The third kappa shape index (κ3) is 11.9. The van der Waals surface area contributed by atoms with Gasteiger partial charge in [0.05, 0.1) is 31.5 Å². The monoisotopic (exact) mass is 506 g/mol. The van der Waals surface area contributed by atoms with Crippen LogP contribution in [0.3, 0.4) is 0 Å². The van der Waals surface area contributed by atoms with Crippen molar-refractivity contribution in [1.82, 2.24) is 20.7 Å². The zero-order valence-corrected chi connectivity index (χ0v) is 19.6. The highest BCUT2D eigenvalue weighted by atomic mass is 16.4. The van der Waals surface area contributed by atoms with Crippen LogP contribution in [-0.4, -0.2) is 88.5 Å². The number of nitriles is 2. The number of rotatable bonds is 16. The van der Waals surface area contributed by atoms with E-state index in [0.717, 1.165) is 5.01 Å². The molecule has 0 aliphatic rings. The van der Waals surface area contributed by atoms with Crippen LogP contribution >= 0.6 is 0 Å². The van der Waals surface area contributed by atoms with Crippen LogP contribution in [0.15, 0.2) is 20.4 Å². The topological polar surface area (TPSA) is 271 Å². The molecule has 0 spiro atoms. The molecule has 2 atom stereocenters. The van der Waals surface area contributed by atoms with Crippen molar-refractivity contribution in [1.29, 1.82) is 10.5 Å². The van der Waals surface area contributed by atoms with Crippen LogP contribution < -0.4 is 22.3 Å². The Morgan fingerprint density at radius 2 is 1.44 bits per heavy atom. The van der Waals surface area contributed by atoms with Crippen LogP contribution in [0.1, 0.15) is 38.5 Å². The molecule has 0 fully saturated rings. The summed E-state index contributed by atoms with van der Waals surface area (Å²) in [4.78, 5) is 35.6. The van der Waals surface area contributed by atoms with Gasteiger partial charge in [0, 0.05) is 32.8 Å². The largest absolute Gasteiger partial charge is 0.480 e. The zero-order valence-electron chi connectivity index (χ0n) is 19.6. The number of amidine groups is 2. The maximum atomic E-state index is 12.4. The number of amides is 2. The predicted molar refractivity (Wildman–Crippen MR) is 129 cm³/mol. The Bertz CT molecular complexity index is 923. The SMILES string of the molecule is C=N/N=C(/CC[C@H](NC(=O)N[C@@H](CC/C(=N/N)N(CCC#N)N=C)C(=O)O)C(=O)O)N(N)CCC#N. The number of urea groups is 1. The van der Waals surface area contributed by atoms with Gasteiger partial charge in [0.25, 0.3) is 0 Å². The first-order valence-corrected chi connectivity index (χ1v) is 10.5. The van der Waals surface area contributed by atoms with E-state index < -0.39 is 30.1 Å². The van der Waals surface area contributed by atoms with Gasteiger partial charge in [-0.2, -0.15) is 25.8 Å². The molecule has 0 heterocycles. The molecule has 0 radical (unpaired) electrons. The number of nitrogens with one attached hydrogen (secondary N) is 2. The average Bonchev–Trinajstić information content (AvgIpc) is 2.84. The van der Waals surface area contributed by atoms with Crippen molar-refractivity contribution in [3.63, 3.8) is 0 Å². The Balaban J connectivity index is 5.17. The number of carbonyl (C=O) groups is 3. The summed E-state index contributed by atoms with van der Waals surface area (Å²) in [6, 6.07) is -0.0728. The number of carboxylic acid groups (broad SMARTS) is 2. The smallest absolute Gasteiger partial charge is 0.326 e. The quantitative estimate of drug-likeness (QED) is 0.0636. The van der Waals surface area contributed by atoms with Crippen LogP contribution in [-0.2, 0) is 9.59 Å². The summed E-state index contributed by atoms with van der Waals surface area (Å²) in [5, 5.41) is 57.3. The van der Waals surface area contributed by atoms with Gasteiger partial charge in [0.1, 0.15) is 23.8 Å². The average molecular weight is 507 g/mol. The van der Waals surface area contributed by atoms with E-state index in [1.807, 2.05) is 12.1 Å². The van der Waals surface area contributed by atoms with Gasteiger partial charge in [-0.25, -0.2) is 25.2 Å². The number of hydrazine groups is 1. The second kappa shape index (κ2) is 17.7. The standard InChI is InChI=1S/C19H30N12O5/c1-24-29-16(30(23)11-3-9-20)8-6-14(18(34)35)27-19(36)26-13(17(32)33)5-7-15(28-22)31(25-2)12-4-10-21/h13-14H,1-8,11-12,22-23H2,(H,32,33)(H,34,35)(H2,26,27,36)/b28-15-,29-16-/t13-,14-/m0/s1. The first kappa shape index (κ1) is 31.2. The van der Waals surface area contributed by atoms with Crippen molar-refractivity contribution in [3.05, 3.63) is 0 Å². The van der Waals surface area contributed by atoms with E-state index in [4.69, 9.17) is 22.2 Å². The number of hydrogen-bond donors (Lipinski definition) is 6. The van der Waals surface area contributed by atoms with Gasteiger partial charge in [-0.3, -0.25) is 5.01 Å². The predicted octanol–water partition coefficient (Wildman–Crippen LogP) is -1.04. The minimum atomic E-state index is -1.42. The maximum Gasteiger partial charge on any atom is 0.326 e. The molecule has 0 aliphatic heterocycles. The van der Waals surface area contributed by atoms with Gasteiger partial charge < -0.3 is 26.7 Å². The molecular formula is C19H30N12O5. The fraction of sp³-hybridized carbons (Fsp3) is 0.526. The molecule has 0 unspecified atom stereocenters. The molecule has 0 saturated carbocycles. The molecule has 0 aromatic heterocycles. The molecule has 17 heteroatoms. The molecule has 36 heavy (non-hydrogen) atoms. The minimum absolute atomic E-state index is 0.0377. The van der Waals surface area contributed by atoms with E-state index in [0.29, 0.717) is 0 Å². The van der Waals surface area contributed by atoms with E-state index in [1.54, 1.807) is 0 Å². The molecule has 2 amide bonds. The van der Waals surface area contributed by atoms with Crippen molar-refractivity contribution >= 4 is 43.1 Å². The molecule has 8 N–H and O–H groups in total. The third-order valence-corrected chi connectivity index (χ3v) is 4.56. The van der Waals surface area contributed by atoms with Gasteiger partial charge in [0.2, 0.25) is 0 Å². The summed E-state index contributed by atoms with van der Waals surface area (Å²) in [6.07, 6.45) is -0.237. The third-order valence-electron chi connectivity index (χ3n) is 4.56. The van der Waals surface area contributed by atoms with Gasteiger partial charge in [-0.05, 0) is 12.8 Å². The molecule has 0 aromatic rings. The highest BCUT2D eigenvalue weighted by Gasteiger charge is 2.26. The molecule has 0 rings (SSSR count). The van der Waals surface area contributed by atoms with Gasteiger partial charge in [0.15, 0.2) is 0 Å². The number of carbonyl (C=O) groups excluding carboxylic acids is 1. The maximum absolute atomic E-state index is 12.4. The summed E-state index contributed by atoms with van der Waals surface area (Å²) < 4.78 is 0. The second-order valence-corrected chi connectivity index (χ2v) is 6.95. The summed E-state index contributed by atoms with van der Waals surface area (Å²) >= 11 is 0. The fourth-order valence-electron chi connectivity index (χ4n) is 2.75. The Kier molecular flexibility index (Phi) is 15.3. The van der Waals surface area contributed by atoms with Crippen molar-refractivity contribution in [2.45, 2.75) is 50.6 Å². The van der Waals surface area contributed by atoms with E-state index in [2.05, 4.69) is 44.5 Å². The van der Waals surface area contributed by atoms with E-state index in [-0.39, 0.29) is 63.3 Å². The number of hydrazone groups is 2. The van der Waals surface area contributed by atoms with E-state index >= 15 is 0 Å². The molecule has 17 nitrogen and oxygen atoms in total. The van der Waals surface area contributed by atoms with Crippen molar-refractivity contribution in [2.75, 3.05) is 13.1 Å². The van der Waals surface area contributed by atoms with Crippen LogP contribution in [0.5, 0.6) is 0 Å².